The monoisotopic (exact) mass is 490 g/mol. The third-order valence-corrected chi connectivity index (χ3v) is 6.14. The molecule has 3 amide bonds. The van der Waals surface area contributed by atoms with E-state index in [0.717, 1.165) is 24.4 Å². The van der Waals surface area contributed by atoms with Crippen molar-refractivity contribution in [3.05, 3.63) is 89.9 Å². The van der Waals surface area contributed by atoms with Crippen LogP contribution < -0.4 is 5.32 Å². The van der Waals surface area contributed by atoms with E-state index >= 15 is 0 Å². The molecule has 1 saturated heterocycles. The second kappa shape index (κ2) is 12.9. The number of anilines is 1. The number of carbonyl (C=O) groups is 2. The molecule has 0 atom stereocenters. The topological polar surface area (TPSA) is 78.3 Å². The molecule has 0 spiro atoms. The Morgan fingerprint density at radius 3 is 2.25 bits per heavy atom. The molecule has 0 radical (unpaired) electrons. The number of morpholine rings is 1. The van der Waals surface area contributed by atoms with E-state index in [1.165, 1.54) is 0 Å². The highest BCUT2D eigenvalue weighted by atomic mass is 16.5. The van der Waals surface area contributed by atoms with E-state index in [1.807, 2.05) is 79.7 Å². The molecule has 0 aliphatic carbocycles. The van der Waals surface area contributed by atoms with Crippen LogP contribution in [0.3, 0.4) is 0 Å². The third kappa shape index (κ3) is 7.69. The summed E-state index contributed by atoms with van der Waals surface area (Å²) in [5.41, 5.74) is 1.71. The Labute approximate surface area is 212 Å². The molecular weight excluding hydrogens is 456 g/mol. The molecule has 0 bridgehead atoms. The molecule has 8 nitrogen and oxygen atoms in total. The summed E-state index contributed by atoms with van der Waals surface area (Å²) in [6.45, 7) is 6.73. The van der Waals surface area contributed by atoms with Gasteiger partial charge in [-0.1, -0.05) is 48.5 Å². The predicted molar refractivity (Wildman–Crippen MR) is 138 cm³/mol. The molecule has 1 aliphatic rings. The van der Waals surface area contributed by atoms with E-state index in [9.17, 15) is 9.59 Å². The van der Waals surface area contributed by atoms with Crippen LogP contribution in [-0.4, -0.2) is 72.6 Å². The van der Waals surface area contributed by atoms with Gasteiger partial charge in [-0.25, -0.2) is 4.79 Å². The fourth-order valence-electron chi connectivity index (χ4n) is 4.12. The summed E-state index contributed by atoms with van der Waals surface area (Å²) in [4.78, 5) is 32.4. The third-order valence-electron chi connectivity index (χ3n) is 6.14. The maximum absolute atomic E-state index is 13.6. The second-order valence-electron chi connectivity index (χ2n) is 8.92. The minimum absolute atomic E-state index is 0.0322. The first kappa shape index (κ1) is 25.5. The summed E-state index contributed by atoms with van der Waals surface area (Å²) >= 11 is 0. The molecule has 1 N–H and O–H groups in total. The van der Waals surface area contributed by atoms with Gasteiger partial charge in [-0.2, -0.15) is 0 Å². The van der Waals surface area contributed by atoms with Gasteiger partial charge in [0.25, 0.3) is 0 Å². The van der Waals surface area contributed by atoms with Gasteiger partial charge in [0.2, 0.25) is 5.91 Å². The Morgan fingerprint density at radius 2 is 1.58 bits per heavy atom. The Balaban J connectivity index is 1.48. The molecule has 2 aromatic carbocycles. The predicted octanol–water partition coefficient (Wildman–Crippen LogP) is 3.98. The number of carbonyl (C=O) groups excluding carboxylic acids is 2. The van der Waals surface area contributed by atoms with Crippen LogP contribution in [0, 0.1) is 6.92 Å². The average molecular weight is 491 g/mol. The van der Waals surface area contributed by atoms with Crippen molar-refractivity contribution in [1.82, 2.24) is 14.7 Å². The smallest absolute Gasteiger partial charge is 0.322 e. The maximum atomic E-state index is 13.6. The highest BCUT2D eigenvalue weighted by Gasteiger charge is 2.24. The van der Waals surface area contributed by atoms with Gasteiger partial charge < -0.3 is 24.3 Å². The standard InChI is InChI=1S/C28H34N4O4/c1-23-12-13-26(36-23)21-32(20-24-8-4-2-5-9-24)27(33)22-31(15-14-30-16-18-35-19-17-30)28(34)29-25-10-6-3-7-11-25/h2-13H,14-22H2,1H3,(H,29,34). The van der Waals surface area contributed by atoms with E-state index in [-0.39, 0.29) is 18.5 Å². The van der Waals surface area contributed by atoms with Crippen molar-refractivity contribution in [2.24, 2.45) is 0 Å². The quantitative estimate of drug-likeness (QED) is 0.465. The molecule has 1 aliphatic heterocycles. The number of para-hydroxylation sites is 1. The minimum atomic E-state index is -0.295. The van der Waals surface area contributed by atoms with Crippen LogP contribution in [0.2, 0.25) is 0 Å². The molecule has 36 heavy (non-hydrogen) atoms. The van der Waals surface area contributed by atoms with E-state index in [1.54, 1.807) is 9.80 Å². The van der Waals surface area contributed by atoms with Crippen LogP contribution in [0.5, 0.6) is 0 Å². The van der Waals surface area contributed by atoms with Gasteiger partial charge in [0.15, 0.2) is 0 Å². The number of hydrogen-bond donors (Lipinski definition) is 1. The lowest BCUT2D eigenvalue weighted by Crippen LogP contribution is -2.48. The van der Waals surface area contributed by atoms with E-state index in [2.05, 4.69) is 10.2 Å². The molecular formula is C28H34N4O4. The number of furan rings is 1. The van der Waals surface area contributed by atoms with Crippen LogP contribution in [-0.2, 0) is 22.6 Å². The molecule has 8 heteroatoms. The van der Waals surface area contributed by atoms with Crippen LogP contribution in [0.1, 0.15) is 17.1 Å². The van der Waals surface area contributed by atoms with Crippen LogP contribution >= 0.6 is 0 Å². The second-order valence-corrected chi connectivity index (χ2v) is 8.92. The number of hydrogen-bond acceptors (Lipinski definition) is 5. The van der Waals surface area contributed by atoms with Crippen molar-refractivity contribution < 1.29 is 18.7 Å². The van der Waals surface area contributed by atoms with Gasteiger partial charge in [0.05, 0.1) is 19.8 Å². The average Bonchev–Trinajstić information content (AvgIpc) is 3.32. The van der Waals surface area contributed by atoms with Crippen LogP contribution in [0.25, 0.3) is 0 Å². The molecule has 3 aromatic rings. The maximum Gasteiger partial charge on any atom is 0.322 e. The lowest BCUT2D eigenvalue weighted by Gasteiger charge is -2.31. The Bertz CT molecular complexity index is 1100. The first-order valence-electron chi connectivity index (χ1n) is 12.3. The normalized spacial score (nSPS) is 13.8. The van der Waals surface area contributed by atoms with Crippen LogP contribution in [0.15, 0.2) is 77.2 Å². The largest absolute Gasteiger partial charge is 0.464 e. The molecule has 0 saturated carbocycles. The molecule has 1 aromatic heterocycles. The van der Waals surface area contributed by atoms with Crippen molar-refractivity contribution in [2.75, 3.05) is 51.3 Å². The summed E-state index contributed by atoms with van der Waals surface area (Å²) in [6.07, 6.45) is 0. The van der Waals surface area contributed by atoms with Crippen molar-refractivity contribution in [3.8, 4) is 0 Å². The van der Waals surface area contributed by atoms with Crippen LogP contribution in [0.4, 0.5) is 10.5 Å². The van der Waals surface area contributed by atoms with Crippen molar-refractivity contribution in [1.29, 1.82) is 0 Å². The number of amides is 3. The van der Waals surface area contributed by atoms with Crippen molar-refractivity contribution in [2.45, 2.75) is 20.0 Å². The zero-order chi connectivity index (χ0) is 25.2. The molecule has 190 valence electrons. The van der Waals surface area contributed by atoms with E-state index in [4.69, 9.17) is 9.15 Å². The summed E-state index contributed by atoms with van der Waals surface area (Å²) in [5, 5.41) is 2.93. The molecule has 4 rings (SSSR count). The number of nitrogens with one attached hydrogen (secondary N) is 1. The number of aryl methyl sites for hydroxylation is 1. The minimum Gasteiger partial charge on any atom is -0.464 e. The van der Waals surface area contributed by atoms with Gasteiger partial charge in [-0.05, 0) is 36.8 Å². The molecule has 1 fully saturated rings. The summed E-state index contributed by atoms with van der Waals surface area (Å²) in [6, 6.07) is 22.6. The summed E-state index contributed by atoms with van der Waals surface area (Å²) in [5.74, 6) is 1.37. The molecule has 0 unspecified atom stereocenters. The highest BCUT2D eigenvalue weighted by molar-refractivity contribution is 5.92. The fraction of sp³-hybridized carbons (Fsp3) is 0.357. The molecule has 2 heterocycles. The van der Waals surface area contributed by atoms with Gasteiger partial charge in [-0.15, -0.1) is 0 Å². The Morgan fingerprint density at radius 1 is 0.889 bits per heavy atom. The summed E-state index contributed by atoms with van der Waals surface area (Å²) < 4.78 is 11.2. The number of urea groups is 1. The SMILES string of the molecule is Cc1ccc(CN(Cc2ccccc2)C(=O)CN(CCN2CCOCC2)C(=O)Nc2ccccc2)o1. The Kier molecular flexibility index (Phi) is 9.13. The zero-order valence-corrected chi connectivity index (χ0v) is 20.8. The summed E-state index contributed by atoms with van der Waals surface area (Å²) in [7, 11) is 0. The Hall–Kier alpha value is -3.62. The lowest BCUT2D eigenvalue weighted by atomic mass is 10.2. The number of ether oxygens (including phenoxy) is 1. The first-order chi connectivity index (χ1) is 17.6. The number of nitrogens with zero attached hydrogens (tertiary/aromatic N) is 3. The van der Waals surface area contributed by atoms with Gasteiger partial charge >= 0.3 is 6.03 Å². The van der Waals surface area contributed by atoms with Crippen molar-refractivity contribution in [3.63, 3.8) is 0 Å². The van der Waals surface area contributed by atoms with E-state index < -0.39 is 0 Å². The van der Waals surface area contributed by atoms with Gasteiger partial charge in [0.1, 0.15) is 18.1 Å². The van der Waals surface area contributed by atoms with E-state index in [0.29, 0.717) is 50.8 Å². The highest BCUT2D eigenvalue weighted by Crippen LogP contribution is 2.14. The lowest BCUT2D eigenvalue weighted by molar-refractivity contribution is -0.133. The zero-order valence-electron chi connectivity index (χ0n) is 20.8. The van der Waals surface area contributed by atoms with Crippen molar-refractivity contribution >= 4 is 17.6 Å². The van der Waals surface area contributed by atoms with Gasteiger partial charge in [0, 0.05) is 38.4 Å². The van der Waals surface area contributed by atoms with Gasteiger partial charge in [-0.3, -0.25) is 9.69 Å². The first-order valence-corrected chi connectivity index (χ1v) is 12.3. The number of rotatable bonds is 10. The fourth-order valence-corrected chi connectivity index (χ4v) is 4.12. The number of benzene rings is 2.